The molecule has 0 saturated carbocycles. The van der Waals surface area contributed by atoms with Gasteiger partial charge in [-0.15, -0.1) is 0 Å². The summed E-state index contributed by atoms with van der Waals surface area (Å²) in [6.07, 6.45) is 1.68. The molecule has 0 aliphatic heterocycles. The van der Waals surface area contributed by atoms with Crippen molar-refractivity contribution in [2.75, 3.05) is 0 Å². The Labute approximate surface area is 89.3 Å². The van der Waals surface area contributed by atoms with E-state index < -0.39 is 5.91 Å². The maximum atomic E-state index is 11.0. The van der Waals surface area contributed by atoms with Crippen molar-refractivity contribution >= 4 is 18.2 Å². The Bertz CT molecular complexity index is 433. The zero-order valence-electron chi connectivity index (χ0n) is 8.95. The molecule has 0 spiro atoms. The van der Waals surface area contributed by atoms with Crippen LogP contribution >= 0.6 is 0 Å². The minimum atomic E-state index is -0.400. The summed E-state index contributed by atoms with van der Waals surface area (Å²) in [7, 11) is 0. The van der Waals surface area contributed by atoms with E-state index in [0.29, 0.717) is 5.56 Å². The average Bonchev–Trinajstić information content (AvgIpc) is 2.17. The van der Waals surface area contributed by atoms with E-state index in [-0.39, 0.29) is 0 Å². The number of nitrogens with zero attached hydrogens (tertiary/aromatic N) is 1. The van der Waals surface area contributed by atoms with Gasteiger partial charge in [0.1, 0.15) is 0 Å². The first kappa shape index (κ1) is 11.2. The van der Waals surface area contributed by atoms with Crippen LogP contribution in [0.5, 0.6) is 0 Å². The van der Waals surface area contributed by atoms with Gasteiger partial charge >= 0.3 is 0 Å². The highest BCUT2D eigenvalue weighted by Gasteiger charge is 2.05. The summed E-state index contributed by atoms with van der Waals surface area (Å²) in [6, 6.07) is 5.49. The van der Waals surface area contributed by atoms with Crippen molar-refractivity contribution in [1.82, 2.24) is 0 Å². The van der Waals surface area contributed by atoms with Crippen LogP contribution in [0.25, 0.3) is 5.57 Å². The van der Waals surface area contributed by atoms with E-state index in [9.17, 15) is 4.79 Å². The molecule has 0 saturated heterocycles. The molecule has 78 valence electrons. The van der Waals surface area contributed by atoms with Crippen LogP contribution in [0, 0.1) is 6.92 Å². The summed E-state index contributed by atoms with van der Waals surface area (Å²) in [5.41, 5.74) is 8.67. The van der Waals surface area contributed by atoms with Crippen molar-refractivity contribution in [3.8, 4) is 0 Å². The molecule has 15 heavy (non-hydrogen) atoms. The lowest BCUT2D eigenvalue weighted by molar-refractivity contribution is 0.0999. The predicted octanol–water partition coefficient (Wildman–Crippen LogP) is 2.16. The van der Waals surface area contributed by atoms with Crippen LogP contribution in [-0.2, 0) is 0 Å². The van der Waals surface area contributed by atoms with E-state index in [0.717, 1.165) is 16.7 Å². The number of allylic oxidation sites excluding steroid dienone is 1. The number of carbonyl (C=O) groups excluding carboxylic acids is 1. The van der Waals surface area contributed by atoms with E-state index >= 15 is 0 Å². The molecule has 1 rings (SSSR count). The smallest absolute Gasteiger partial charge is 0.248 e. The van der Waals surface area contributed by atoms with Gasteiger partial charge in [0.05, 0.1) is 0 Å². The van der Waals surface area contributed by atoms with Gasteiger partial charge in [0.25, 0.3) is 0 Å². The lowest BCUT2D eigenvalue weighted by Crippen LogP contribution is -2.12. The summed E-state index contributed by atoms with van der Waals surface area (Å²) in [5.74, 6) is -0.400. The number of primary amides is 1. The molecular formula is C12H14N2O. The molecule has 1 aromatic carbocycles. The molecule has 0 bridgehead atoms. The maximum absolute atomic E-state index is 11.0. The first-order valence-electron chi connectivity index (χ1n) is 4.59. The van der Waals surface area contributed by atoms with E-state index in [2.05, 4.69) is 11.7 Å². The Kier molecular flexibility index (Phi) is 3.39. The van der Waals surface area contributed by atoms with Crippen molar-refractivity contribution in [3.63, 3.8) is 0 Å². The summed E-state index contributed by atoms with van der Waals surface area (Å²) in [6.45, 7) is 7.19. The molecule has 0 aliphatic rings. The molecule has 0 radical (unpaired) electrons. The Morgan fingerprint density at radius 2 is 2.20 bits per heavy atom. The SMILES string of the molecule is C=NC=C(C)c1ccc(C(N)=O)c(C)c1. The Morgan fingerprint density at radius 1 is 1.53 bits per heavy atom. The highest BCUT2D eigenvalue weighted by molar-refractivity contribution is 5.94. The van der Waals surface area contributed by atoms with Gasteiger partial charge in [-0.3, -0.25) is 9.79 Å². The fourth-order valence-corrected chi connectivity index (χ4v) is 1.40. The molecule has 0 aliphatic carbocycles. The van der Waals surface area contributed by atoms with Gasteiger partial charge in [-0.25, -0.2) is 0 Å². The number of aryl methyl sites for hydroxylation is 1. The topological polar surface area (TPSA) is 55.4 Å². The second kappa shape index (κ2) is 4.55. The Balaban J connectivity index is 3.17. The molecule has 0 heterocycles. The molecule has 2 N–H and O–H groups in total. The van der Waals surface area contributed by atoms with Gasteiger partial charge in [0.15, 0.2) is 0 Å². The summed E-state index contributed by atoms with van der Waals surface area (Å²) in [4.78, 5) is 14.7. The van der Waals surface area contributed by atoms with Crippen LogP contribution in [0.15, 0.2) is 29.4 Å². The van der Waals surface area contributed by atoms with Crippen molar-refractivity contribution in [2.24, 2.45) is 10.7 Å². The molecule has 0 aromatic heterocycles. The van der Waals surface area contributed by atoms with Crippen molar-refractivity contribution < 1.29 is 4.79 Å². The number of benzene rings is 1. The highest BCUT2D eigenvalue weighted by atomic mass is 16.1. The number of amides is 1. The first-order valence-corrected chi connectivity index (χ1v) is 4.59. The molecule has 3 heteroatoms. The van der Waals surface area contributed by atoms with Crippen LogP contribution in [0.1, 0.15) is 28.4 Å². The number of hydrogen-bond acceptors (Lipinski definition) is 2. The average molecular weight is 202 g/mol. The monoisotopic (exact) mass is 202 g/mol. The third-order valence-corrected chi connectivity index (χ3v) is 2.23. The number of rotatable bonds is 3. The lowest BCUT2D eigenvalue weighted by atomic mass is 10.0. The third-order valence-electron chi connectivity index (χ3n) is 2.23. The minimum Gasteiger partial charge on any atom is -0.366 e. The zero-order valence-corrected chi connectivity index (χ0v) is 8.95. The zero-order chi connectivity index (χ0) is 11.4. The van der Waals surface area contributed by atoms with Gasteiger partial charge < -0.3 is 5.73 Å². The molecule has 0 unspecified atom stereocenters. The van der Waals surface area contributed by atoms with E-state index in [4.69, 9.17) is 5.73 Å². The molecule has 3 nitrogen and oxygen atoms in total. The number of carbonyl (C=O) groups is 1. The summed E-state index contributed by atoms with van der Waals surface area (Å²) >= 11 is 0. The standard InChI is InChI=1S/C12H14N2O/c1-8-6-10(9(2)7-14-3)4-5-11(8)12(13)15/h4-7H,3H2,1-2H3,(H2,13,15). The second-order valence-corrected chi connectivity index (χ2v) is 3.39. The second-order valence-electron chi connectivity index (χ2n) is 3.39. The van der Waals surface area contributed by atoms with Crippen LogP contribution in [-0.4, -0.2) is 12.6 Å². The molecule has 1 aromatic rings. The van der Waals surface area contributed by atoms with Gasteiger partial charge in [0.2, 0.25) is 5.91 Å². The minimum absolute atomic E-state index is 0.400. The molecule has 1 amide bonds. The quantitative estimate of drug-likeness (QED) is 0.750. The van der Waals surface area contributed by atoms with E-state index in [1.54, 1.807) is 12.3 Å². The van der Waals surface area contributed by atoms with Crippen LogP contribution in [0.4, 0.5) is 0 Å². The molecule has 0 atom stereocenters. The van der Waals surface area contributed by atoms with E-state index in [1.807, 2.05) is 26.0 Å². The fourth-order valence-electron chi connectivity index (χ4n) is 1.40. The van der Waals surface area contributed by atoms with Crippen LogP contribution in [0.3, 0.4) is 0 Å². The Hall–Kier alpha value is -1.90. The Morgan fingerprint density at radius 3 is 2.67 bits per heavy atom. The summed E-state index contributed by atoms with van der Waals surface area (Å²) < 4.78 is 0. The van der Waals surface area contributed by atoms with Crippen LogP contribution < -0.4 is 5.73 Å². The normalized spacial score (nSPS) is 11.2. The van der Waals surface area contributed by atoms with Crippen LogP contribution in [0.2, 0.25) is 0 Å². The van der Waals surface area contributed by atoms with Gasteiger partial charge in [-0.1, -0.05) is 12.1 Å². The van der Waals surface area contributed by atoms with Crippen molar-refractivity contribution in [3.05, 3.63) is 41.1 Å². The summed E-state index contributed by atoms with van der Waals surface area (Å²) in [5, 5.41) is 0. The maximum Gasteiger partial charge on any atom is 0.248 e. The van der Waals surface area contributed by atoms with Gasteiger partial charge in [0, 0.05) is 11.8 Å². The van der Waals surface area contributed by atoms with E-state index in [1.165, 1.54) is 0 Å². The van der Waals surface area contributed by atoms with Crippen molar-refractivity contribution in [2.45, 2.75) is 13.8 Å². The highest BCUT2D eigenvalue weighted by Crippen LogP contribution is 2.17. The van der Waals surface area contributed by atoms with Gasteiger partial charge in [-0.05, 0) is 43.3 Å². The van der Waals surface area contributed by atoms with Gasteiger partial charge in [-0.2, -0.15) is 0 Å². The molecular weight excluding hydrogens is 188 g/mol. The fraction of sp³-hybridized carbons (Fsp3) is 0.167. The number of hydrogen-bond donors (Lipinski definition) is 1. The number of nitrogens with two attached hydrogens (primary N) is 1. The van der Waals surface area contributed by atoms with Crippen molar-refractivity contribution in [1.29, 1.82) is 0 Å². The first-order chi connectivity index (χ1) is 7.06. The largest absolute Gasteiger partial charge is 0.366 e. The molecule has 0 fully saturated rings. The predicted molar refractivity (Wildman–Crippen MR) is 62.9 cm³/mol. The lowest BCUT2D eigenvalue weighted by Gasteiger charge is -2.05. The number of aliphatic imine (C=N–C) groups is 1. The third kappa shape index (κ3) is 2.53.